The molecule has 0 radical (unpaired) electrons. The molecule has 0 aliphatic carbocycles. The molecule has 2 aromatic heterocycles. The third-order valence-electron chi connectivity index (χ3n) is 7.63. The van der Waals surface area contributed by atoms with Crippen molar-refractivity contribution < 1.29 is 14.4 Å². The number of hydrogen-bond acceptors (Lipinski definition) is 7. The lowest BCUT2D eigenvalue weighted by Gasteiger charge is -2.42. The summed E-state index contributed by atoms with van der Waals surface area (Å²) in [6, 6.07) is 5.87. The van der Waals surface area contributed by atoms with Crippen LogP contribution in [0.2, 0.25) is 0 Å². The number of hydrogen-bond donors (Lipinski definition) is 5. The van der Waals surface area contributed by atoms with Gasteiger partial charge in [0.2, 0.25) is 17.6 Å². The number of piperidine rings is 1. The summed E-state index contributed by atoms with van der Waals surface area (Å²) < 4.78 is 0. The van der Waals surface area contributed by atoms with Gasteiger partial charge in [-0.15, -0.1) is 0 Å². The van der Waals surface area contributed by atoms with Crippen LogP contribution in [0, 0.1) is 0 Å². The Morgan fingerprint density at radius 2 is 2.06 bits per heavy atom. The quantitative estimate of drug-likeness (QED) is 0.295. The van der Waals surface area contributed by atoms with Crippen LogP contribution >= 0.6 is 0 Å². The third kappa shape index (κ3) is 4.34. The van der Waals surface area contributed by atoms with Crippen LogP contribution in [0.4, 0.5) is 5.95 Å². The van der Waals surface area contributed by atoms with Gasteiger partial charge in [-0.2, -0.15) is 0 Å². The summed E-state index contributed by atoms with van der Waals surface area (Å²) in [5.74, 6) is -0.378. The fourth-order valence-electron chi connectivity index (χ4n) is 5.42. The van der Waals surface area contributed by atoms with Crippen LogP contribution in [0.15, 0.2) is 30.5 Å². The first kappa shape index (κ1) is 24.0. The monoisotopic (exact) mass is 492 g/mol. The minimum atomic E-state index is -0.941. The van der Waals surface area contributed by atoms with E-state index in [1.54, 1.807) is 11.1 Å². The van der Waals surface area contributed by atoms with Gasteiger partial charge >= 0.3 is 0 Å². The standard InChI is InChI=1S/C25H32N8O3/c1-2-25(27)12-11-15-8-10-19(33(15)23(25)36)22(35)32-18(9-7-14-13-28-24(26)29-14)20(34)21-30-16-5-3-4-6-17(16)31-21/h3-6,13,15,18-19H,2,7-12,27H2,1H3,(H,30,31)(H,32,35)(H3,26,28,29)/t15?,18-,19-,25-/m0/s1. The first-order valence-corrected chi connectivity index (χ1v) is 12.5. The van der Waals surface area contributed by atoms with Gasteiger partial charge in [0.25, 0.3) is 0 Å². The number of carbonyl (C=O) groups excluding carboxylic acids is 3. The van der Waals surface area contributed by atoms with Gasteiger partial charge in [-0.05, 0) is 57.1 Å². The summed E-state index contributed by atoms with van der Waals surface area (Å²) >= 11 is 0. The summed E-state index contributed by atoms with van der Waals surface area (Å²) in [6.07, 6.45) is 5.58. The predicted octanol–water partition coefficient (Wildman–Crippen LogP) is 1.43. The Morgan fingerprint density at radius 3 is 2.78 bits per heavy atom. The van der Waals surface area contributed by atoms with Gasteiger partial charge in [-0.25, -0.2) is 9.97 Å². The van der Waals surface area contributed by atoms with Gasteiger partial charge in [-0.1, -0.05) is 19.1 Å². The summed E-state index contributed by atoms with van der Waals surface area (Å²) in [4.78, 5) is 56.4. The molecule has 11 nitrogen and oxygen atoms in total. The van der Waals surface area contributed by atoms with Crippen molar-refractivity contribution in [1.82, 2.24) is 30.2 Å². The zero-order chi connectivity index (χ0) is 25.4. The Kier molecular flexibility index (Phi) is 6.25. The molecule has 5 rings (SSSR count). The van der Waals surface area contributed by atoms with Crippen LogP contribution in [0.1, 0.15) is 61.8 Å². The number of para-hydroxylation sites is 2. The number of aromatic amines is 2. The third-order valence-corrected chi connectivity index (χ3v) is 7.63. The van der Waals surface area contributed by atoms with Crippen molar-refractivity contribution in [2.75, 3.05) is 5.73 Å². The van der Waals surface area contributed by atoms with E-state index in [4.69, 9.17) is 11.5 Å². The molecular formula is C25H32N8O3. The molecule has 1 aromatic carbocycles. The second-order valence-electron chi connectivity index (χ2n) is 9.87. The lowest BCUT2D eigenvalue weighted by molar-refractivity contribution is -0.148. The molecule has 36 heavy (non-hydrogen) atoms. The molecule has 1 unspecified atom stereocenters. The Morgan fingerprint density at radius 1 is 1.25 bits per heavy atom. The first-order chi connectivity index (χ1) is 17.3. The highest BCUT2D eigenvalue weighted by Gasteiger charge is 2.50. The zero-order valence-electron chi connectivity index (χ0n) is 20.3. The van der Waals surface area contributed by atoms with Crippen LogP contribution in [-0.2, 0) is 16.0 Å². The maximum atomic E-state index is 13.5. The average molecular weight is 493 g/mol. The number of benzene rings is 1. The van der Waals surface area contributed by atoms with E-state index in [9.17, 15) is 14.4 Å². The van der Waals surface area contributed by atoms with E-state index in [2.05, 4.69) is 25.3 Å². The second-order valence-corrected chi connectivity index (χ2v) is 9.87. The molecule has 2 fully saturated rings. The van der Waals surface area contributed by atoms with Crippen molar-refractivity contribution in [3.8, 4) is 0 Å². The lowest BCUT2D eigenvalue weighted by atomic mass is 9.84. The topological polar surface area (TPSA) is 176 Å². The van der Waals surface area contributed by atoms with E-state index in [0.717, 1.165) is 24.1 Å². The van der Waals surface area contributed by atoms with Crippen LogP contribution in [-0.4, -0.2) is 66.1 Å². The Balaban J connectivity index is 1.37. The number of H-pyrrole nitrogens is 2. The number of carbonyl (C=O) groups is 3. The molecule has 2 aliphatic rings. The number of aryl methyl sites for hydroxylation is 1. The van der Waals surface area contributed by atoms with Gasteiger partial charge in [0.1, 0.15) is 6.04 Å². The smallest absolute Gasteiger partial charge is 0.243 e. The molecule has 0 spiro atoms. The minimum Gasteiger partial charge on any atom is -0.369 e. The summed E-state index contributed by atoms with van der Waals surface area (Å²) in [5.41, 5.74) is 13.3. The number of Topliss-reactive ketones (excluding diaryl/α,β-unsaturated/α-hetero) is 1. The maximum absolute atomic E-state index is 13.5. The van der Waals surface area contributed by atoms with Crippen molar-refractivity contribution in [2.45, 2.75) is 75.5 Å². The number of ketones is 1. The highest BCUT2D eigenvalue weighted by atomic mass is 16.2. The van der Waals surface area contributed by atoms with Crippen molar-refractivity contribution in [1.29, 1.82) is 0 Å². The Bertz CT molecular complexity index is 1270. The number of nitrogens with zero attached hydrogens (tertiary/aromatic N) is 3. The van der Waals surface area contributed by atoms with Gasteiger partial charge in [0.15, 0.2) is 11.8 Å². The average Bonchev–Trinajstić information content (AvgIpc) is 3.61. The van der Waals surface area contributed by atoms with Crippen LogP contribution in [0.3, 0.4) is 0 Å². The number of nitrogens with two attached hydrogens (primary N) is 2. The number of fused-ring (bicyclic) bond motifs is 2. The highest BCUT2D eigenvalue weighted by molar-refractivity contribution is 6.02. The van der Waals surface area contributed by atoms with Crippen molar-refractivity contribution in [3.05, 3.63) is 42.0 Å². The van der Waals surface area contributed by atoms with Crippen molar-refractivity contribution in [2.24, 2.45) is 5.73 Å². The lowest BCUT2D eigenvalue weighted by Crippen LogP contribution is -2.64. The summed E-state index contributed by atoms with van der Waals surface area (Å²) in [7, 11) is 0. The number of aromatic nitrogens is 4. The van der Waals surface area contributed by atoms with E-state index >= 15 is 0 Å². The number of amides is 2. The number of anilines is 1. The van der Waals surface area contributed by atoms with Crippen LogP contribution in [0.25, 0.3) is 11.0 Å². The Labute approximate surface area is 208 Å². The fraction of sp³-hybridized carbons (Fsp3) is 0.480. The van der Waals surface area contributed by atoms with E-state index in [1.807, 2.05) is 31.2 Å². The molecule has 4 heterocycles. The summed E-state index contributed by atoms with van der Waals surface area (Å²) in [5, 5.41) is 2.93. The molecule has 190 valence electrons. The van der Waals surface area contributed by atoms with E-state index in [-0.39, 0.29) is 35.4 Å². The number of nitrogen functional groups attached to an aromatic ring is 1. The van der Waals surface area contributed by atoms with Crippen LogP contribution in [0.5, 0.6) is 0 Å². The van der Waals surface area contributed by atoms with E-state index in [1.165, 1.54) is 0 Å². The van der Waals surface area contributed by atoms with Gasteiger partial charge in [0, 0.05) is 11.7 Å². The van der Waals surface area contributed by atoms with E-state index < -0.39 is 17.6 Å². The SMILES string of the molecule is CC[C@]1(N)CCC2CC[C@@H](C(=O)N[C@@H](CCc3cnc(N)[nH]3)C(=O)c3nc4ccccc4[nH]3)N2C1=O. The second kappa shape index (κ2) is 9.38. The van der Waals surface area contributed by atoms with Crippen molar-refractivity contribution >= 4 is 34.6 Å². The molecule has 4 atom stereocenters. The highest BCUT2D eigenvalue weighted by Crippen LogP contribution is 2.37. The van der Waals surface area contributed by atoms with Gasteiger partial charge in [0.05, 0.1) is 28.8 Å². The fourth-order valence-corrected chi connectivity index (χ4v) is 5.42. The number of nitrogens with one attached hydrogen (secondary N) is 3. The molecule has 2 amide bonds. The van der Waals surface area contributed by atoms with Gasteiger partial charge in [-0.3, -0.25) is 14.4 Å². The number of rotatable bonds is 8. The normalized spacial score (nSPS) is 24.6. The molecule has 2 saturated heterocycles. The molecule has 7 N–H and O–H groups in total. The van der Waals surface area contributed by atoms with E-state index in [0.29, 0.717) is 37.6 Å². The molecular weight excluding hydrogens is 460 g/mol. The molecule has 3 aromatic rings. The van der Waals surface area contributed by atoms with Crippen LogP contribution < -0.4 is 16.8 Å². The molecule has 0 saturated carbocycles. The first-order valence-electron chi connectivity index (χ1n) is 12.5. The molecule has 11 heteroatoms. The molecule has 0 bridgehead atoms. The maximum Gasteiger partial charge on any atom is 0.243 e. The zero-order valence-corrected chi connectivity index (χ0v) is 20.3. The largest absolute Gasteiger partial charge is 0.369 e. The molecule has 2 aliphatic heterocycles. The van der Waals surface area contributed by atoms with Gasteiger partial charge < -0.3 is 31.7 Å². The minimum absolute atomic E-state index is 0.00830. The van der Waals surface area contributed by atoms with Crippen molar-refractivity contribution in [3.63, 3.8) is 0 Å². The number of imidazole rings is 2. The summed E-state index contributed by atoms with van der Waals surface area (Å²) in [6.45, 7) is 1.90. The predicted molar refractivity (Wildman–Crippen MR) is 134 cm³/mol. The Hall–Kier alpha value is -3.73.